The van der Waals surface area contributed by atoms with Crippen LogP contribution in [0.4, 0.5) is 4.39 Å². The molecule has 0 saturated heterocycles. The van der Waals surface area contributed by atoms with Crippen LogP contribution >= 0.6 is 22.9 Å². The molecule has 0 aliphatic heterocycles. The molecule has 3 aromatic heterocycles. The zero-order chi connectivity index (χ0) is 26.6. The van der Waals surface area contributed by atoms with Crippen molar-refractivity contribution in [3.63, 3.8) is 0 Å². The number of primary amides is 1. The Balaban J connectivity index is 1.18. The second kappa shape index (κ2) is 9.68. The highest BCUT2D eigenvalue weighted by atomic mass is 35.5. The first kappa shape index (κ1) is 25.4. The second-order valence-corrected chi connectivity index (χ2v) is 11.6. The Morgan fingerprint density at radius 1 is 1.29 bits per heavy atom. The van der Waals surface area contributed by atoms with Crippen LogP contribution in [0.3, 0.4) is 0 Å². The van der Waals surface area contributed by atoms with E-state index in [0.717, 1.165) is 41.4 Å². The molecular weight excluding hydrogens is 531 g/mol. The number of hydrogen-bond donors (Lipinski definition) is 2. The molecule has 0 unspecified atom stereocenters. The Hall–Kier alpha value is -2.92. The lowest BCUT2D eigenvalue weighted by atomic mass is 9.83. The van der Waals surface area contributed by atoms with Gasteiger partial charge in [0.05, 0.1) is 22.4 Å². The monoisotopic (exact) mass is 556 g/mol. The molecule has 8 nitrogen and oxygen atoms in total. The molecule has 2 saturated carbocycles. The summed E-state index contributed by atoms with van der Waals surface area (Å²) in [6, 6.07) is 2.60. The van der Waals surface area contributed by atoms with E-state index < -0.39 is 17.3 Å². The Bertz CT molecular complexity index is 1520. The van der Waals surface area contributed by atoms with E-state index in [1.54, 1.807) is 12.4 Å². The molecule has 0 spiro atoms. The smallest absolute Gasteiger partial charge is 0.248 e. The van der Waals surface area contributed by atoms with E-state index in [4.69, 9.17) is 26.6 Å². The lowest BCUT2D eigenvalue weighted by Gasteiger charge is -2.34. The lowest BCUT2D eigenvalue weighted by molar-refractivity contribution is -0.0641. The first-order valence-corrected chi connectivity index (χ1v) is 13.8. The van der Waals surface area contributed by atoms with Gasteiger partial charge in [-0.25, -0.2) is 9.37 Å². The zero-order valence-corrected chi connectivity index (χ0v) is 22.2. The molecule has 0 radical (unpaired) electrons. The van der Waals surface area contributed by atoms with Crippen molar-refractivity contribution in [2.24, 2.45) is 5.73 Å². The van der Waals surface area contributed by atoms with Gasteiger partial charge in [0.25, 0.3) is 0 Å². The third-order valence-corrected chi connectivity index (χ3v) is 8.93. The summed E-state index contributed by atoms with van der Waals surface area (Å²) in [6.45, 7) is 2.27. The number of hydrogen-bond acceptors (Lipinski definition) is 8. The SMILES string of the molecule is Cc1cncc(Cl)c1-c1noc(C2CC2)c1COC1CCC(O)(c2nc3c(F)cc(C(N)=O)cc3s2)CC1. The van der Waals surface area contributed by atoms with Gasteiger partial charge in [0.15, 0.2) is 5.82 Å². The van der Waals surface area contributed by atoms with Gasteiger partial charge in [-0.05, 0) is 63.1 Å². The van der Waals surface area contributed by atoms with Crippen LogP contribution in [0.25, 0.3) is 21.5 Å². The number of aliphatic hydroxyl groups is 1. The van der Waals surface area contributed by atoms with Crippen LogP contribution in [0.5, 0.6) is 0 Å². The molecule has 2 fully saturated rings. The number of rotatable bonds is 7. The second-order valence-electron chi connectivity index (χ2n) is 10.2. The molecule has 198 valence electrons. The summed E-state index contributed by atoms with van der Waals surface area (Å²) in [4.78, 5) is 20.0. The standard InChI is InChI=1S/C27H26ClFN4O4S/c1-13-10-31-11-18(28)21(13)22-17(24(37-33-22)14-2-3-14)12-36-16-4-6-27(35,7-5-16)26-32-23-19(29)8-15(25(30)34)9-20(23)38-26/h8-11,14,16,35H,2-7,12H2,1H3,(H2,30,34). The molecule has 0 atom stereocenters. The quantitative estimate of drug-likeness (QED) is 0.296. The number of fused-ring (bicyclic) bond motifs is 1. The maximum absolute atomic E-state index is 14.5. The van der Waals surface area contributed by atoms with Gasteiger partial charge >= 0.3 is 0 Å². The average Bonchev–Trinajstić information content (AvgIpc) is 3.48. The van der Waals surface area contributed by atoms with Gasteiger partial charge in [-0.2, -0.15) is 0 Å². The average molecular weight is 557 g/mol. The van der Waals surface area contributed by atoms with E-state index in [1.807, 2.05) is 6.92 Å². The minimum atomic E-state index is -1.19. The number of aryl methyl sites for hydroxylation is 1. The van der Waals surface area contributed by atoms with Crippen molar-refractivity contribution in [1.29, 1.82) is 0 Å². The number of carbonyl (C=O) groups excluding carboxylic acids is 1. The summed E-state index contributed by atoms with van der Waals surface area (Å²) in [5.74, 6) is -0.132. The number of thiazole rings is 1. The summed E-state index contributed by atoms with van der Waals surface area (Å²) in [5.41, 5.74) is 7.66. The predicted octanol–water partition coefficient (Wildman–Crippen LogP) is 5.77. The molecule has 2 aliphatic carbocycles. The summed E-state index contributed by atoms with van der Waals surface area (Å²) in [7, 11) is 0. The Morgan fingerprint density at radius 2 is 2.05 bits per heavy atom. The van der Waals surface area contributed by atoms with E-state index in [1.165, 1.54) is 17.4 Å². The zero-order valence-electron chi connectivity index (χ0n) is 20.7. The van der Waals surface area contributed by atoms with E-state index in [9.17, 15) is 14.3 Å². The number of benzene rings is 1. The topological polar surface area (TPSA) is 124 Å². The minimum Gasteiger partial charge on any atom is -0.383 e. The first-order chi connectivity index (χ1) is 18.2. The number of carbonyl (C=O) groups is 1. The van der Waals surface area contributed by atoms with Crippen LogP contribution in [0, 0.1) is 12.7 Å². The maximum atomic E-state index is 14.5. The lowest BCUT2D eigenvalue weighted by Crippen LogP contribution is -2.34. The normalized spacial score (nSPS) is 21.7. The van der Waals surface area contributed by atoms with Crippen LogP contribution in [0.1, 0.15) is 76.7 Å². The van der Waals surface area contributed by atoms with Gasteiger partial charge in [-0.3, -0.25) is 9.78 Å². The fraction of sp³-hybridized carbons (Fsp3) is 0.407. The molecule has 0 bridgehead atoms. The van der Waals surface area contributed by atoms with Crippen LogP contribution in [0.15, 0.2) is 29.0 Å². The number of aromatic nitrogens is 3. The maximum Gasteiger partial charge on any atom is 0.248 e. The van der Waals surface area contributed by atoms with E-state index in [-0.39, 0.29) is 17.2 Å². The number of ether oxygens (including phenoxy) is 1. The van der Waals surface area contributed by atoms with Gasteiger partial charge < -0.3 is 20.1 Å². The van der Waals surface area contributed by atoms with Crippen molar-refractivity contribution in [2.75, 3.05) is 0 Å². The highest BCUT2D eigenvalue weighted by molar-refractivity contribution is 7.18. The number of halogens is 2. The Kier molecular flexibility index (Phi) is 6.46. The minimum absolute atomic E-state index is 0.0772. The highest BCUT2D eigenvalue weighted by Crippen LogP contribution is 2.46. The number of pyridine rings is 1. The van der Waals surface area contributed by atoms with Gasteiger partial charge in [0, 0.05) is 35.0 Å². The van der Waals surface area contributed by atoms with Crippen LogP contribution in [0.2, 0.25) is 5.02 Å². The van der Waals surface area contributed by atoms with Crippen molar-refractivity contribution in [1.82, 2.24) is 15.1 Å². The number of nitrogens with zero attached hydrogens (tertiary/aromatic N) is 3. The number of nitrogens with two attached hydrogens (primary N) is 1. The molecule has 6 rings (SSSR count). The van der Waals surface area contributed by atoms with Gasteiger partial charge in [-0.1, -0.05) is 16.8 Å². The van der Waals surface area contributed by atoms with Crippen LogP contribution in [-0.2, 0) is 16.9 Å². The molecule has 2 aliphatic rings. The molecular formula is C27H26ClFN4O4S. The van der Waals surface area contributed by atoms with Crippen LogP contribution < -0.4 is 5.73 Å². The van der Waals surface area contributed by atoms with Crippen molar-refractivity contribution >= 4 is 39.1 Å². The predicted molar refractivity (Wildman–Crippen MR) is 140 cm³/mol. The fourth-order valence-corrected chi connectivity index (χ4v) is 6.60. The third-order valence-electron chi connectivity index (χ3n) is 7.45. The molecule has 4 aromatic rings. The summed E-state index contributed by atoms with van der Waals surface area (Å²) < 4.78 is 27.1. The molecule has 38 heavy (non-hydrogen) atoms. The first-order valence-electron chi connectivity index (χ1n) is 12.6. The van der Waals surface area contributed by atoms with E-state index in [2.05, 4.69) is 15.1 Å². The summed E-state index contributed by atoms with van der Waals surface area (Å²) in [6.07, 6.45) is 7.45. The fourth-order valence-electron chi connectivity index (χ4n) is 5.14. The summed E-state index contributed by atoms with van der Waals surface area (Å²) >= 11 is 7.67. The van der Waals surface area contributed by atoms with E-state index >= 15 is 0 Å². The molecule has 11 heteroatoms. The van der Waals surface area contributed by atoms with Crippen molar-refractivity contribution in [3.05, 3.63) is 62.8 Å². The van der Waals surface area contributed by atoms with Gasteiger partial charge in [0.2, 0.25) is 5.91 Å². The van der Waals surface area contributed by atoms with Gasteiger partial charge in [-0.15, -0.1) is 11.3 Å². The third kappa shape index (κ3) is 4.59. The Morgan fingerprint density at radius 3 is 2.74 bits per heavy atom. The van der Waals surface area contributed by atoms with Gasteiger partial charge in [0.1, 0.15) is 27.6 Å². The highest BCUT2D eigenvalue weighted by Gasteiger charge is 2.39. The van der Waals surface area contributed by atoms with Crippen molar-refractivity contribution in [2.45, 2.75) is 69.7 Å². The molecule has 3 heterocycles. The van der Waals surface area contributed by atoms with E-state index in [0.29, 0.717) is 58.6 Å². The number of amides is 1. The van der Waals surface area contributed by atoms with Crippen molar-refractivity contribution < 1.29 is 23.6 Å². The largest absolute Gasteiger partial charge is 0.383 e. The molecule has 1 amide bonds. The van der Waals surface area contributed by atoms with Crippen LogP contribution in [-0.4, -0.2) is 32.2 Å². The van der Waals surface area contributed by atoms with Crippen molar-refractivity contribution in [3.8, 4) is 11.3 Å². The Labute approximate surface area is 227 Å². The molecule has 3 N–H and O–H groups in total. The molecule has 1 aromatic carbocycles. The summed E-state index contributed by atoms with van der Waals surface area (Å²) in [5, 5.41) is 16.7.